The van der Waals surface area contributed by atoms with Gasteiger partial charge in [-0.2, -0.15) is 0 Å². The third-order valence-electron chi connectivity index (χ3n) is 3.96. The molecule has 0 aromatic carbocycles. The monoisotopic (exact) mass is 402 g/mol. The quantitative estimate of drug-likeness (QED) is 0.231. The second kappa shape index (κ2) is 11.9. The van der Waals surface area contributed by atoms with E-state index in [4.69, 9.17) is 10.8 Å². The van der Waals surface area contributed by atoms with Crippen molar-refractivity contribution in [2.24, 2.45) is 17.6 Å². The highest BCUT2D eigenvalue weighted by molar-refractivity contribution is 5.93. The van der Waals surface area contributed by atoms with Crippen molar-refractivity contribution in [1.82, 2.24) is 16.0 Å². The average molecular weight is 402 g/mol. The minimum Gasteiger partial charge on any atom is -0.481 e. The molecule has 0 saturated heterocycles. The van der Waals surface area contributed by atoms with Gasteiger partial charge in [-0.3, -0.25) is 19.2 Å². The number of carboxylic acids is 2. The second-order valence-electron chi connectivity index (χ2n) is 7.06. The first-order chi connectivity index (χ1) is 12.9. The van der Waals surface area contributed by atoms with Crippen molar-refractivity contribution < 1.29 is 34.2 Å². The van der Waals surface area contributed by atoms with Gasteiger partial charge in [0.05, 0.1) is 6.54 Å². The minimum atomic E-state index is -1.40. The fourth-order valence-electron chi connectivity index (χ4n) is 2.33. The Kier molecular flexibility index (Phi) is 10.8. The van der Waals surface area contributed by atoms with Gasteiger partial charge in [-0.15, -0.1) is 0 Å². The Balaban J connectivity index is 5.23. The molecule has 0 rings (SSSR count). The number of carboxylic acid groups (broad SMARTS) is 2. The molecule has 0 spiro atoms. The van der Waals surface area contributed by atoms with Crippen LogP contribution in [-0.4, -0.2) is 64.5 Å². The number of carbonyl (C=O) groups is 5. The summed E-state index contributed by atoms with van der Waals surface area (Å²) in [5.74, 6) is -5.14. The first-order valence-electron chi connectivity index (χ1n) is 8.95. The van der Waals surface area contributed by atoms with E-state index in [0.29, 0.717) is 0 Å². The maximum Gasteiger partial charge on any atom is 0.326 e. The van der Waals surface area contributed by atoms with Crippen LogP contribution in [0.2, 0.25) is 0 Å². The number of carbonyl (C=O) groups excluding carboxylic acids is 3. The zero-order chi connectivity index (χ0) is 22.0. The third-order valence-corrected chi connectivity index (χ3v) is 3.96. The van der Waals surface area contributed by atoms with E-state index in [1.54, 1.807) is 27.7 Å². The highest BCUT2D eigenvalue weighted by Crippen LogP contribution is 2.08. The van der Waals surface area contributed by atoms with Gasteiger partial charge in [0, 0.05) is 6.42 Å². The Hall–Kier alpha value is -2.69. The van der Waals surface area contributed by atoms with Crippen molar-refractivity contribution in [2.75, 3.05) is 6.54 Å². The molecule has 7 N–H and O–H groups in total. The van der Waals surface area contributed by atoms with Crippen molar-refractivity contribution in [3.8, 4) is 0 Å². The third kappa shape index (κ3) is 8.80. The Morgan fingerprint density at radius 3 is 1.68 bits per heavy atom. The van der Waals surface area contributed by atoms with Crippen LogP contribution in [0.15, 0.2) is 0 Å². The molecule has 3 unspecified atom stereocenters. The van der Waals surface area contributed by atoms with Gasteiger partial charge in [0.1, 0.15) is 18.1 Å². The molecule has 0 aromatic rings. The van der Waals surface area contributed by atoms with Crippen molar-refractivity contribution in [2.45, 2.75) is 58.7 Å². The number of nitrogens with one attached hydrogen (secondary N) is 3. The molecule has 3 atom stereocenters. The largest absolute Gasteiger partial charge is 0.481 e. The van der Waals surface area contributed by atoms with E-state index in [2.05, 4.69) is 16.0 Å². The van der Waals surface area contributed by atoms with Crippen LogP contribution in [0.25, 0.3) is 0 Å². The van der Waals surface area contributed by atoms with Crippen LogP contribution in [0.3, 0.4) is 0 Å². The van der Waals surface area contributed by atoms with Gasteiger partial charge in [0.2, 0.25) is 17.7 Å². The van der Waals surface area contributed by atoms with Gasteiger partial charge in [-0.05, 0) is 18.3 Å². The summed E-state index contributed by atoms with van der Waals surface area (Å²) in [6.07, 6.45) is -0.729. The fraction of sp³-hybridized carbons (Fsp3) is 0.706. The lowest BCUT2D eigenvalue weighted by Gasteiger charge is -2.27. The number of hydrogen-bond acceptors (Lipinski definition) is 6. The summed E-state index contributed by atoms with van der Waals surface area (Å²) >= 11 is 0. The molecule has 0 aromatic heterocycles. The minimum absolute atomic E-state index is 0.284. The SMILES string of the molecule is CC(C)C(NC(=O)CN)C(=O)NC(C(=O)NC(CCC(=O)O)C(=O)O)C(C)C. The predicted molar refractivity (Wildman–Crippen MR) is 99.0 cm³/mol. The Labute approximate surface area is 163 Å². The van der Waals surface area contributed by atoms with Crippen molar-refractivity contribution in [1.29, 1.82) is 0 Å². The fourth-order valence-corrected chi connectivity index (χ4v) is 2.33. The number of hydrogen-bond donors (Lipinski definition) is 6. The number of nitrogens with two attached hydrogens (primary N) is 1. The molecule has 0 aliphatic rings. The molecule has 0 bridgehead atoms. The van der Waals surface area contributed by atoms with Crippen LogP contribution in [-0.2, 0) is 24.0 Å². The second-order valence-corrected chi connectivity index (χ2v) is 7.06. The lowest BCUT2D eigenvalue weighted by Crippen LogP contribution is -2.58. The van der Waals surface area contributed by atoms with Crippen molar-refractivity contribution in [3.63, 3.8) is 0 Å². The molecule has 0 aliphatic carbocycles. The maximum absolute atomic E-state index is 12.5. The Morgan fingerprint density at radius 2 is 1.29 bits per heavy atom. The summed E-state index contributed by atoms with van der Waals surface area (Å²) in [6.45, 7) is 6.42. The predicted octanol–water partition coefficient (Wildman–Crippen LogP) is -1.34. The zero-order valence-electron chi connectivity index (χ0n) is 16.5. The number of rotatable bonds is 12. The number of amides is 3. The summed E-state index contributed by atoms with van der Waals surface area (Å²) < 4.78 is 0. The molecule has 0 radical (unpaired) electrons. The molecule has 0 fully saturated rings. The Bertz CT molecular complexity index is 592. The smallest absolute Gasteiger partial charge is 0.326 e. The van der Waals surface area contributed by atoms with E-state index in [-0.39, 0.29) is 18.9 Å². The van der Waals surface area contributed by atoms with E-state index in [0.717, 1.165) is 0 Å². The molecule has 11 nitrogen and oxygen atoms in total. The Morgan fingerprint density at radius 1 is 0.821 bits per heavy atom. The molecule has 3 amide bonds. The van der Waals surface area contributed by atoms with Gasteiger partial charge in [-0.25, -0.2) is 4.79 Å². The first kappa shape index (κ1) is 25.3. The topological polar surface area (TPSA) is 188 Å². The highest BCUT2D eigenvalue weighted by atomic mass is 16.4. The first-order valence-corrected chi connectivity index (χ1v) is 8.95. The zero-order valence-corrected chi connectivity index (χ0v) is 16.5. The van der Waals surface area contributed by atoms with Crippen LogP contribution in [0.4, 0.5) is 0 Å². The van der Waals surface area contributed by atoms with Gasteiger partial charge in [0.15, 0.2) is 0 Å². The molecule has 28 heavy (non-hydrogen) atoms. The average Bonchev–Trinajstić information content (AvgIpc) is 2.59. The lowest BCUT2D eigenvalue weighted by molar-refractivity contribution is -0.143. The molecule has 11 heteroatoms. The van der Waals surface area contributed by atoms with Crippen LogP contribution in [0.5, 0.6) is 0 Å². The molecule has 160 valence electrons. The summed E-state index contributed by atoms with van der Waals surface area (Å²) in [4.78, 5) is 58.5. The van der Waals surface area contributed by atoms with Gasteiger partial charge < -0.3 is 31.9 Å². The van der Waals surface area contributed by atoms with Gasteiger partial charge in [0.25, 0.3) is 0 Å². The molecule has 0 heterocycles. The number of aliphatic carboxylic acids is 2. The standard InChI is InChI=1S/C17H30N4O7/c1-8(2)13(20-11(22)7-18)16(26)21-14(9(3)4)15(25)19-10(17(27)28)5-6-12(23)24/h8-10,13-14H,5-7,18H2,1-4H3,(H,19,25)(H,20,22)(H,21,26)(H,23,24)(H,27,28). The molecular weight excluding hydrogens is 372 g/mol. The summed E-state index contributed by atoms with van der Waals surface area (Å²) in [6, 6.07) is -3.40. The summed E-state index contributed by atoms with van der Waals surface area (Å²) in [7, 11) is 0. The summed E-state index contributed by atoms with van der Waals surface area (Å²) in [5, 5.41) is 25.1. The molecular formula is C17H30N4O7. The maximum atomic E-state index is 12.5. The van der Waals surface area contributed by atoms with Crippen LogP contribution in [0.1, 0.15) is 40.5 Å². The van der Waals surface area contributed by atoms with Crippen LogP contribution in [0, 0.1) is 11.8 Å². The lowest BCUT2D eigenvalue weighted by atomic mass is 9.99. The highest BCUT2D eigenvalue weighted by Gasteiger charge is 2.32. The van der Waals surface area contributed by atoms with Crippen molar-refractivity contribution >= 4 is 29.7 Å². The van der Waals surface area contributed by atoms with E-state index in [9.17, 15) is 29.1 Å². The molecule has 0 saturated carbocycles. The van der Waals surface area contributed by atoms with E-state index < -0.39 is 60.1 Å². The van der Waals surface area contributed by atoms with Gasteiger partial charge >= 0.3 is 11.9 Å². The van der Waals surface area contributed by atoms with Crippen molar-refractivity contribution in [3.05, 3.63) is 0 Å². The van der Waals surface area contributed by atoms with E-state index >= 15 is 0 Å². The van der Waals surface area contributed by atoms with Crippen LogP contribution >= 0.6 is 0 Å². The van der Waals surface area contributed by atoms with E-state index in [1.807, 2.05) is 0 Å². The van der Waals surface area contributed by atoms with E-state index in [1.165, 1.54) is 0 Å². The molecule has 0 aliphatic heterocycles. The summed E-state index contributed by atoms with van der Waals surface area (Å²) in [5.41, 5.74) is 5.25. The van der Waals surface area contributed by atoms with Gasteiger partial charge in [-0.1, -0.05) is 27.7 Å². The van der Waals surface area contributed by atoms with Crippen LogP contribution < -0.4 is 21.7 Å². The normalized spacial score (nSPS) is 14.1.